The maximum atomic E-state index is 12.5. The number of benzene rings is 1. The summed E-state index contributed by atoms with van der Waals surface area (Å²) in [6.45, 7) is 6.47. The molecule has 1 rings (SSSR count). The van der Waals surface area contributed by atoms with Crippen LogP contribution < -0.4 is 9.62 Å². The Morgan fingerprint density at radius 2 is 1.83 bits per heavy atom. The SMILES string of the molecule is CCCC[C@H](CC)CNC(=O)[C@@H](C)N(c1ccccc1)S(C)(=O)=O. The van der Waals surface area contributed by atoms with Crippen molar-refractivity contribution in [2.75, 3.05) is 17.1 Å². The van der Waals surface area contributed by atoms with Crippen molar-refractivity contribution in [3.05, 3.63) is 30.3 Å². The van der Waals surface area contributed by atoms with E-state index in [1.54, 1.807) is 31.2 Å². The van der Waals surface area contributed by atoms with Crippen molar-refractivity contribution < 1.29 is 13.2 Å². The minimum Gasteiger partial charge on any atom is -0.354 e. The van der Waals surface area contributed by atoms with Crippen LogP contribution in [0.25, 0.3) is 0 Å². The van der Waals surface area contributed by atoms with Gasteiger partial charge in [-0.3, -0.25) is 9.10 Å². The van der Waals surface area contributed by atoms with Gasteiger partial charge in [-0.15, -0.1) is 0 Å². The number of rotatable bonds is 10. The Morgan fingerprint density at radius 3 is 2.33 bits per heavy atom. The van der Waals surface area contributed by atoms with Gasteiger partial charge in [0.05, 0.1) is 11.9 Å². The number of unbranched alkanes of at least 4 members (excludes halogenated alkanes) is 1. The minimum atomic E-state index is -3.55. The van der Waals surface area contributed by atoms with Crippen molar-refractivity contribution in [1.82, 2.24) is 5.32 Å². The van der Waals surface area contributed by atoms with Gasteiger partial charge >= 0.3 is 0 Å². The summed E-state index contributed by atoms with van der Waals surface area (Å²) in [5.41, 5.74) is 0.501. The standard InChI is InChI=1S/C18H30N2O3S/c1-5-7-11-16(6-2)14-19-18(21)15(3)20(24(4,22)23)17-12-9-8-10-13-17/h8-10,12-13,15-16H,5-7,11,14H2,1-4H3,(H,19,21)/t15-,16+/m1/s1. The van der Waals surface area contributed by atoms with Crippen LogP contribution in [0.2, 0.25) is 0 Å². The zero-order valence-electron chi connectivity index (χ0n) is 15.2. The molecule has 1 amide bonds. The molecule has 0 saturated heterocycles. The molecule has 0 spiro atoms. The van der Waals surface area contributed by atoms with Crippen LogP contribution in [0, 0.1) is 5.92 Å². The van der Waals surface area contributed by atoms with Crippen molar-refractivity contribution in [3.63, 3.8) is 0 Å². The Morgan fingerprint density at radius 1 is 1.21 bits per heavy atom. The predicted octanol–water partition coefficient (Wildman–Crippen LogP) is 3.17. The molecule has 6 heteroatoms. The lowest BCUT2D eigenvalue weighted by Gasteiger charge is -2.28. The Labute approximate surface area is 146 Å². The molecule has 0 aliphatic heterocycles. The number of carbonyl (C=O) groups excluding carboxylic acids is 1. The fourth-order valence-corrected chi connectivity index (χ4v) is 3.89. The summed E-state index contributed by atoms with van der Waals surface area (Å²) in [5.74, 6) is 0.170. The zero-order valence-corrected chi connectivity index (χ0v) is 16.0. The predicted molar refractivity (Wildman–Crippen MR) is 99.5 cm³/mol. The highest BCUT2D eigenvalue weighted by molar-refractivity contribution is 7.92. The summed E-state index contributed by atoms with van der Waals surface area (Å²) < 4.78 is 25.5. The summed E-state index contributed by atoms with van der Waals surface area (Å²) >= 11 is 0. The molecule has 5 nitrogen and oxygen atoms in total. The summed E-state index contributed by atoms with van der Waals surface area (Å²) in [4.78, 5) is 12.5. The first kappa shape index (κ1) is 20.5. The van der Waals surface area contributed by atoms with E-state index in [9.17, 15) is 13.2 Å². The number of nitrogens with zero attached hydrogens (tertiary/aromatic N) is 1. The minimum absolute atomic E-state index is 0.265. The van der Waals surface area contributed by atoms with Gasteiger partial charge in [0.1, 0.15) is 6.04 Å². The van der Waals surface area contributed by atoms with Crippen molar-refractivity contribution in [2.45, 2.75) is 52.5 Å². The molecule has 0 aromatic heterocycles. The van der Waals surface area contributed by atoms with Crippen LogP contribution in [0.15, 0.2) is 30.3 Å². The van der Waals surface area contributed by atoms with Gasteiger partial charge in [0.15, 0.2) is 0 Å². The van der Waals surface area contributed by atoms with Crippen molar-refractivity contribution in [2.24, 2.45) is 5.92 Å². The lowest BCUT2D eigenvalue weighted by molar-refractivity contribution is -0.122. The van der Waals surface area contributed by atoms with E-state index in [1.807, 2.05) is 6.07 Å². The first-order valence-corrected chi connectivity index (χ1v) is 10.5. The molecular formula is C18H30N2O3S. The van der Waals surface area contributed by atoms with Gasteiger partial charge < -0.3 is 5.32 Å². The van der Waals surface area contributed by atoms with Crippen LogP contribution in [0.1, 0.15) is 46.5 Å². The fourth-order valence-electron chi connectivity index (χ4n) is 2.72. The second-order valence-corrected chi connectivity index (χ2v) is 8.09. The first-order chi connectivity index (χ1) is 11.3. The average molecular weight is 355 g/mol. The normalized spacial score (nSPS) is 14.0. The summed E-state index contributed by atoms with van der Waals surface area (Å²) in [7, 11) is -3.55. The number of hydrogen-bond acceptors (Lipinski definition) is 3. The molecule has 0 heterocycles. The molecule has 1 N–H and O–H groups in total. The smallest absolute Gasteiger partial charge is 0.243 e. The molecule has 0 radical (unpaired) electrons. The Bertz CT molecular complexity index is 602. The molecule has 0 aliphatic rings. The highest BCUT2D eigenvalue weighted by atomic mass is 32.2. The van der Waals surface area contributed by atoms with Crippen LogP contribution >= 0.6 is 0 Å². The van der Waals surface area contributed by atoms with E-state index in [1.165, 1.54) is 4.31 Å². The van der Waals surface area contributed by atoms with E-state index >= 15 is 0 Å². The Balaban J connectivity index is 2.80. The van der Waals surface area contributed by atoms with E-state index in [4.69, 9.17) is 0 Å². The van der Waals surface area contributed by atoms with E-state index in [0.717, 1.165) is 31.9 Å². The number of sulfonamides is 1. The van der Waals surface area contributed by atoms with Gasteiger partial charge in [-0.05, 0) is 31.4 Å². The number of amides is 1. The quantitative estimate of drug-likeness (QED) is 0.702. The fraction of sp³-hybridized carbons (Fsp3) is 0.611. The van der Waals surface area contributed by atoms with Gasteiger partial charge in [0.25, 0.3) is 0 Å². The number of para-hydroxylation sites is 1. The molecule has 1 aromatic carbocycles. The molecule has 1 aromatic rings. The molecule has 24 heavy (non-hydrogen) atoms. The van der Waals surface area contributed by atoms with Crippen LogP contribution in [0.3, 0.4) is 0 Å². The third-order valence-corrected chi connectivity index (χ3v) is 5.45. The molecule has 2 atom stereocenters. The summed E-state index contributed by atoms with van der Waals surface area (Å²) in [5, 5.41) is 2.92. The Kier molecular flexibility index (Phi) is 8.25. The van der Waals surface area contributed by atoms with Gasteiger partial charge in [-0.1, -0.05) is 51.3 Å². The third-order valence-electron chi connectivity index (χ3n) is 4.21. The van der Waals surface area contributed by atoms with E-state index < -0.39 is 16.1 Å². The number of hydrogen-bond donors (Lipinski definition) is 1. The monoisotopic (exact) mass is 354 g/mol. The van der Waals surface area contributed by atoms with Gasteiger partial charge in [0, 0.05) is 6.54 Å². The number of carbonyl (C=O) groups is 1. The van der Waals surface area contributed by atoms with Crippen LogP contribution in [-0.4, -0.2) is 33.2 Å². The zero-order chi connectivity index (χ0) is 18.2. The maximum Gasteiger partial charge on any atom is 0.243 e. The first-order valence-electron chi connectivity index (χ1n) is 8.63. The molecule has 136 valence electrons. The lowest BCUT2D eigenvalue weighted by atomic mass is 9.99. The largest absolute Gasteiger partial charge is 0.354 e. The summed E-state index contributed by atoms with van der Waals surface area (Å²) in [6.07, 6.45) is 5.49. The van der Waals surface area contributed by atoms with E-state index in [0.29, 0.717) is 18.2 Å². The molecular weight excluding hydrogens is 324 g/mol. The second-order valence-electron chi connectivity index (χ2n) is 6.23. The van der Waals surface area contributed by atoms with Gasteiger partial charge in [0.2, 0.25) is 15.9 Å². The van der Waals surface area contributed by atoms with Gasteiger partial charge in [-0.25, -0.2) is 8.42 Å². The average Bonchev–Trinajstić information content (AvgIpc) is 2.54. The van der Waals surface area contributed by atoms with Gasteiger partial charge in [-0.2, -0.15) is 0 Å². The lowest BCUT2D eigenvalue weighted by Crippen LogP contribution is -2.48. The van der Waals surface area contributed by atoms with Crippen molar-refractivity contribution in [1.29, 1.82) is 0 Å². The number of nitrogens with one attached hydrogen (secondary N) is 1. The van der Waals surface area contributed by atoms with Crippen LogP contribution in [0.4, 0.5) is 5.69 Å². The topological polar surface area (TPSA) is 66.5 Å². The van der Waals surface area contributed by atoms with Crippen molar-refractivity contribution in [3.8, 4) is 0 Å². The molecule has 0 fully saturated rings. The van der Waals surface area contributed by atoms with Crippen molar-refractivity contribution >= 4 is 21.6 Å². The van der Waals surface area contributed by atoms with E-state index in [-0.39, 0.29) is 5.91 Å². The highest BCUT2D eigenvalue weighted by Crippen LogP contribution is 2.20. The third kappa shape index (κ3) is 6.15. The molecule has 0 unspecified atom stereocenters. The molecule has 0 bridgehead atoms. The molecule has 0 saturated carbocycles. The molecule has 0 aliphatic carbocycles. The van der Waals surface area contributed by atoms with Crippen LogP contribution in [-0.2, 0) is 14.8 Å². The summed E-state index contributed by atoms with van der Waals surface area (Å²) in [6, 6.07) is 7.94. The number of anilines is 1. The maximum absolute atomic E-state index is 12.5. The Hall–Kier alpha value is -1.56. The second kappa shape index (κ2) is 9.67. The van der Waals surface area contributed by atoms with Crippen LogP contribution in [0.5, 0.6) is 0 Å². The van der Waals surface area contributed by atoms with E-state index in [2.05, 4.69) is 19.2 Å². The highest BCUT2D eigenvalue weighted by Gasteiger charge is 2.29.